The number of carbonyl (C=O) groups excluding carboxylic acids is 2. The highest BCUT2D eigenvalue weighted by Gasteiger charge is 2.57. The van der Waals surface area contributed by atoms with Crippen molar-refractivity contribution in [3.8, 4) is 0 Å². The van der Waals surface area contributed by atoms with Gasteiger partial charge in [0.2, 0.25) is 11.8 Å². The number of aliphatic hydroxyl groups is 1. The van der Waals surface area contributed by atoms with E-state index in [0.29, 0.717) is 11.8 Å². The second-order valence-corrected chi connectivity index (χ2v) is 7.55. The fraction of sp³-hybridized carbons (Fsp3) is 0.867. The third kappa shape index (κ3) is 1.92. The van der Waals surface area contributed by atoms with Gasteiger partial charge in [-0.1, -0.05) is 20.8 Å². The van der Waals surface area contributed by atoms with E-state index in [4.69, 9.17) is 0 Å². The highest BCUT2D eigenvalue weighted by molar-refractivity contribution is 6.03. The number of β-lactam (4-membered cyclic amide) rings is 1. The topological polar surface area (TPSA) is 57.6 Å². The number of hydrogen-bond donors (Lipinski definition) is 1. The number of likely N-dealkylation sites (tertiary alicyclic amines) is 1. The molecule has 0 aromatic carbocycles. The van der Waals surface area contributed by atoms with Crippen LogP contribution < -0.4 is 0 Å². The standard InChI is InChI=1S/C15H23NO3/c1-15(2,3)14(19)16-12-7-9-5-10(17)4-8(9)6-11(12)13(16)18/h8-12,17H,4-7H2,1-3H3. The van der Waals surface area contributed by atoms with E-state index in [9.17, 15) is 14.7 Å². The van der Waals surface area contributed by atoms with Crippen LogP contribution in [0.3, 0.4) is 0 Å². The van der Waals surface area contributed by atoms with Crippen molar-refractivity contribution in [2.45, 2.75) is 58.6 Å². The molecular formula is C15H23NO3. The summed E-state index contributed by atoms with van der Waals surface area (Å²) in [4.78, 5) is 26.0. The van der Waals surface area contributed by atoms with Gasteiger partial charge in [0.1, 0.15) is 0 Å². The van der Waals surface area contributed by atoms with E-state index in [0.717, 1.165) is 25.7 Å². The SMILES string of the molecule is CC(C)(C)C(=O)N1C(=O)C2CC3CC(O)CC3CC21. The Kier molecular flexibility index (Phi) is 2.79. The lowest BCUT2D eigenvalue weighted by Crippen LogP contribution is -2.67. The Hall–Kier alpha value is -0.900. The van der Waals surface area contributed by atoms with Gasteiger partial charge in [-0.3, -0.25) is 14.5 Å². The maximum atomic E-state index is 12.3. The largest absolute Gasteiger partial charge is 0.393 e. The molecule has 1 saturated heterocycles. The first-order chi connectivity index (χ1) is 8.79. The molecule has 1 heterocycles. The van der Waals surface area contributed by atoms with Gasteiger partial charge >= 0.3 is 0 Å². The van der Waals surface area contributed by atoms with Crippen molar-refractivity contribution >= 4 is 11.8 Å². The molecule has 19 heavy (non-hydrogen) atoms. The summed E-state index contributed by atoms with van der Waals surface area (Å²) >= 11 is 0. The lowest BCUT2D eigenvalue weighted by Gasteiger charge is -2.53. The van der Waals surface area contributed by atoms with Gasteiger partial charge in [0.15, 0.2) is 0 Å². The number of aliphatic hydroxyl groups excluding tert-OH is 1. The summed E-state index contributed by atoms with van der Waals surface area (Å²) in [5, 5.41) is 9.76. The Morgan fingerprint density at radius 1 is 1.16 bits per heavy atom. The van der Waals surface area contributed by atoms with Crippen LogP contribution in [0.1, 0.15) is 46.5 Å². The smallest absolute Gasteiger partial charge is 0.234 e. The van der Waals surface area contributed by atoms with Gasteiger partial charge in [-0.05, 0) is 37.5 Å². The minimum atomic E-state index is -0.493. The maximum Gasteiger partial charge on any atom is 0.234 e. The van der Waals surface area contributed by atoms with Gasteiger partial charge in [-0.2, -0.15) is 0 Å². The molecule has 2 saturated carbocycles. The first kappa shape index (κ1) is 13.1. The predicted octanol–water partition coefficient (Wildman–Crippen LogP) is 1.57. The van der Waals surface area contributed by atoms with E-state index in [2.05, 4.69) is 0 Å². The van der Waals surface area contributed by atoms with Crippen LogP contribution in [0.25, 0.3) is 0 Å². The molecule has 3 rings (SSSR count). The summed E-state index contributed by atoms with van der Waals surface area (Å²) in [5.41, 5.74) is -0.493. The first-order valence-electron chi connectivity index (χ1n) is 7.34. The minimum Gasteiger partial charge on any atom is -0.393 e. The summed E-state index contributed by atoms with van der Waals surface area (Å²) in [6, 6.07) is 0.103. The number of imide groups is 1. The monoisotopic (exact) mass is 265 g/mol. The molecular weight excluding hydrogens is 242 g/mol. The van der Waals surface area contributed by atoms with Crippen molar-refractivity contribution < 1.29 is 14.7 Å². The van der Waals surface area contributed by atoms with Crippen molar-refractivity contribution in [2.24, 2.45) is 23.2 Å². The summed E-state index contributed by atoms with van der Waals surface area (Å²) in [5.74, 6) is 1.00. The second-order valence-electron chi connectivity index (χ2n) is 7.55. The Morgan fingerprint density at radius 3 is 2.32 bits per heavy atom. The van der Waals surface area contributed by atoms with Crippen molar-refractivity contribution in [1.82, 2.24) is 4.90 Å². The lowest BCUT2D eigenvalue weighted by atomic mass is 9.67. The number of carbonyl (C=O) groups is 2. The van der Waals surface area contributed by atoms with Crippen molar-refractivity contribution in [2.75, 3.05) is 0 Å². The fourth-order valence-corrected chi connectivity index (χ4v) is 4.14. The fourth-order valence-electron chi connectivity index (χ4n) is 4.14. The van der Waals surface area contributed by atoms with Crippen LogP contribution in [-0.2, 0) is 9.59 Å². The Labute approximate surface area is 114 Å². The van der Waals surface area contributed by atoms with Crippen LogP contribution in [-0.4, -0.2) is 34.0 Å². The van der Waals surface area contributed by atoms with E-state index in [1.54, 1.807) is 0 Å². The molecule has 0 radical (unpaired) electrons. The molecule has 0 aromatic rings. The van der Waals surface area contributed by atoms with Gasteiger partial charge in [0.25, 0.3) is 0 Å². The van der Waals surface area contributed by atoms with Crippen LogP contribution in [0.2, 0.25) is 0 Å². The van der Waals surface area contributed by atoms with Crippen molar-refractivity contribution in [3.63, 3.8) is 0 Å². The molecule has 3 fully saturated rings. The summed E-state index contributed by atoms with van der Waals surface area (Å²) in [6.45, 7) is 5.59. The third-order valence-electron chi connectivity index (χ3n) is 5.13. The quantitative estimate of drug-likeness (QED) is 0.676. The van der Waals surface area contributed by atoms with Crippen molar-refractivity contribution in [3.05, 3.63) is 0 Å². The van der Waals surface area contributed by atoms with Gasteiger partial charge in [-0.15, -0.1) is 0 Å². The molecule has 1 N–H and O–H groups in total. The zero-order valence-corrected chi connectivity index (χ0v) is 11.9. The van der Waals surface area contributed by atoms with Gasteiger partial charge in [-0.25, -0.2) is 0 Å². The normalized spacial score (nSPS) is 41.6. The molecule has 0 bridgehead atoms. The molecule has 5 unspecified atom stereocenters. The van der Waals surface area contributed by atoms with Crippen LogP contribution in [0.5, 0.6) is 0 Å². The van der Waals surface area contributed by atoms with Gasteiger partial charge in [0, 0.05) is 5.41 Å². The molecule has 1 aliphatic heterocycles. The Balaban J connectivity index is 1.75. The third-order valence-corrected chi connectivity index (χ3v) is 5.13. The molecule has 2 aliphatic carbocycles. The van der Waals surface area contributed by atoms with E-state index in [1.807, 2.05) is 20.8 Å². The lowest BCUT2D eigenvalue weighted by molar-refractivity contribution is -0.176. The molecule has 0 spiro atoms. The molecule has 2 amide bonds. The maximum absolute atomic E-state index is 12.3. The average Bonchev–Trinajstić information content (AvgIpc) is 2.66. The van der Waals surface area contributed by atoms with Gasteiger partial charge < -0.3 is 5.11 Å². The molecule has 0 aromatic heterocycles. The number of fused-ring (bicyclic) bond motifs is 2. The molecule has 106 valence electrons. The Morgan fingerprint density at radius 2 is 1.74 bits per heavy atom. The van der Waals surface area contributed by atoms with Crippen LogP contribution >= 0.6 is 0 Å². The zero-order chi connectivity index (χ0) is 13.9. The zero-order valence-electron chi connectivity index (χ0n) is 11.9. The van der Waals surface area contributed by atoms with E-state index < -0.39 is 5.41 Å². The van der Waals surface area contributed by atoms with Gasteiger partial charge in [0.05, 0.1) is 18.1 Å². The van der Waals surface area contributed by atoms with Crippen LogP contribution in [0.4, 0.5) is 0 Å². The second kappa shape index (κ2) is 4.05. The minimum absolute atomic E-state index is 0.0183. The highest BCUT2D eigenvalue weighted by Crippen LogP contribution is 2.50. The van der Waals surface area contributed by atoms with E-state index in [-0.39, 0.29) is 29.9 Å². The van der Waals surface area contributed by atoms with Crippen molar-refractivity contribution in [1.29, 1.82) is 0 Å². The van der Waals surface area contributed by atoms with E-state index in [1.165, 1.54) is 4.90 Å². The number of rotatable bonds is 0. The van der Waals surface area contributed by atoms with Crippen LogP contribution in [0.15, 0.2) is 0 Å². The molecule has 3 aliphatic rings. The summed E-state index contributed by atoms with van der Waals surface area (Å²) in [6.07, 6.45) is 3.27. The number of amides is 2. The van der Waals surface area contributed by atoms with Crippen LogP contribution in [0, 0.1) is 23.2 Å². The Bertz CT molecular complexity index is 426. The van der Waals surface area contributed by atoms with E-state index >= 15 is 0 Å². The number of nitrogens with zero attached hydrogens (tertiary/aromatic N) is 1. The number of hydrogen-bond acceptors (Lipinski definition) is 3. The molecule has 4 heteroatoms. The first-order valence-corrected chi connectivity index (χ1v) is 7.34. The predicted molar refractivity (Wildman–Crippen MR) is 70.0 cm³/mol. The summed E-state index contributed by atoms with van der Waals surface area (Å²) in [7, 11) is 0. The highest BCUT2D eigenvalue weighted by atomic mass is 16.3. The average molecular weight is 265 g/mol. The summed E-state index contributed by atoms with van der Waals surface area (Å²) < 4.78 is 0. The molecule has 5 atom stereocenters. The molecule has 4 nitrogen and oxygen atoms in total.